The van der Waals surface area contributed by atoms with E-state index in [0.717, 1.165) is 12.1 Å². The van der Waals surface area contributed by atoms with Gasteiger partial charge in [0.2, 0.25) is 0 Å². The van der Waals surface area contributed by atoms with E-state index in [0.29, 0.717) is 56.1 Å². The summed E-state index contributed by atoms with van der Waals surface area (Å²) in [4.78, 5) is 16.4. The predicted molar refractivity (Wildman–Crippen MR) is 109 cm³/mol. The van der Waals surface area contributed by atoms with Crippen molar-refractivity contribution in [3.05, 3.63) is 65.2 Å². The van der Waals surface area contributed by atoms with Crippen molar-refractivity contribution in [1.82, 2.24) is 16.0 Å². The Morgan fingerprint density at radius 1 is 1.07 bits per heavy atom. The lowest BCUT2D eigenvalue weighted by Crippen LogP contribution is -2.38. The highest BCUT2D eigenvalue weighted by atomic mass is 19.1. The monoisotopic (exact) mass is 404 g/mol. The minimum Gasteiger partial charge on any atom is -0.508 e. The smallest absolute Gasteiger partial charge is 0.251 e. The number of aliphatic imine (C=N–C) groups is 1. The standard InChI is InChI=1S/C21H26F2N4O2/c1-2-24-21(27-12-9-15-13-17(22)7-8-19(15)23)26-11-4-10-25-20(29)16-5-3-6-18(28)14-16/h3,5-8,13-14,28H,2,4,9-12H2,1H3,(H,25,29)(H2,24,26,27). The molecule has 0 unspecified atom stereocenters. The number of hydrogen-bond donors (Lipinski definition) is 4. The molecule has 6 nitrogen and oxygen atoms in total. The molecule has 29 heavy (non-hydrogen) atoms. The minimum atomic E-state index is -0.463. The van der Waals surface area contributed by atoms with Crippen molar-refractivity contribution in [3.63, 3.8) is 0 Å². The van der Waals surface area contributed by atoms with E-state index in [1.165, 1.54) is 18.2 Å². The number of phenols is 1. The van der Waals surface area contributed by atoms with Gasteiger partial charge in [0.05, 0.1) is 0 Å². The van der Waals surface area contributed by atoms with Crippen molar-refractivity contribution in [1.29, 1.82) is 0 Å². The molecule has 0 heterocycles. The van der Waals surface area contributed by atoms with Crippen molar-refractivity contribution < 1.29 is 18.7 Å². The van der Waals surface area contributed by atoms with Crippen LogP contribution in [0, 0.1) is 11.6 Å². The molecule has 0 radical (unpaired) electrons. The van der Waals surface area contributed by atoms with E-state index in [1.54, 1.807) is 12.1 Å². The maximum absolute atomic E-state index is 13.7. The molecule has 1 amide bonds. The number of carbonyl (C=O) groups is 1. The van der Waals surface area contributed by atoms with Crippen LogP contribution in [0.3, 0.4) is 0 Å². The number of aromatic hydroxyl groups is 1. The van der Waals surface area contributed by atoms with Crippen LogP contribution in [0.25, 0.3) is 0 Å². The van der Waals surface area contributed by atoms with Gasteiger partial charge < -0.3 is 21.1 Å². The Morgan fingerprint density at radius 3 is 2.66 bits per heavy atom. The lowest BCUT2D eigenvalue weighted by atomic mass is 10.1. The molecule has 2 aromatic rings. The average molecular weight is 404 g/mol. The zero-order chi connectivity index (χ0) is 21.1. The van der Waals surface area contributed by atoms with Crippen LogP contribution in [0.2, 0.25) is 0 Å². The van der Waals surface area contributed by atoms with Gasteiger partial charge in [0.25, 0.3) is 5.91 Å². The molecule has 0 fully saturated rings. The van der Waals surface area contributed by atoms with Gasteiger partial charge in [-0.15, -0.1) is 0 Å². The van der Waals surface area contributed by atoms with Crippen LogP contribution in [-0.4, -0.2) is 43.2 Å². The van der Waals surface area contributed by atoms with Crippen LogP contribution in [-0.2, 0) is 6.42 Å². The first kappa shape index (κ1) is 22.1. The molecule has 0 aliphatic heterocycles. The van der Waals surface area contributed by atoms with Crippen molar-refractivity contribution in [3.8, 4) is 5.75 Å². The zero-order valence-corrected chi connectivity index (χ0v) is 16.3. The third-order valence-corrected chi connectivity index (χ3v) is 4.04. The quantitative estimate of drug-likeness (QED) is 0.294. The number of nitrogens with zero attached hydrogens (tertiary/aromatic N) is 1. The first-order valence-corrected chi connectivity index (χ1v) is 9.53. The fourth-order valence-corrected chi connectivity index (χ4v) is 2.61. The summed E-state index contributed by atoms with van der Waals surface area (Å²) in [7, 11) is 0. The second-order valence-electron chi connectivity index (χ2n) is 6.33. The topological polar surface area (TPSA) is 85.8 Å². The van der Waals surface area contributed by atoms with Crippen molar-refractivity contribution in [2.75, 3.05) is 26.2 Å². The van der Waals surface area contributed by atoms with Crippen LogP contribution >= 0.6 is 0 Å². The molecule has 0 aliphatic rings. The van der Waals surface area contributed by atoms with Crippen molar-refractivity contribution in [2.24, 2.45) is 4.99 Å². The Hall–Kier alpha value is -3.16. The summed E-state index contributed by atoms with van der Waals surface area (Å²) in [6.45, 7) is 3.91. The minimum absolute atomic E-state index is 0.0433. The van der Waals surface area contributed by atoms with E-state index in [9.17, 15) is 18.7 Å². The average Bonchev–Trinajstić information content (AvgIpc) is 2.70. The number of amides is 1. The van der Waals surface area contributed by atoms with E-state index in [2.05, 4.69) is 20.9 Å². The largest absolute Gasteiger partial charge is 0.508 e. The van der Waals surface area contributed by atoms with Crippen LogP contribution < -0.4 is 16.0 Å². The van der Waals surface area contributed by atoms with E-state index < -0.39 is 11.6 Å². The van der Waals surface area contributed by atoms with Crippen molar-refractivity contribution in [2.45, 2.75) is 19.8 Å². The second kappa shape index (κ2) is 11.6. The molecule has 2 aromatic carbocycles. The molecule has 0 aliphatic carbocycles. The Labute approximate surface area is 169 Å². The number of halogens is 2. The molecule has 2 rings (SSSR count). The molecule has 0 saturated heterocycles. The van der Waals surface area contributed by atoms with Gasteiger partial charge in [0.1, 0.15) is 17.4 Å². The Morgan fingerprint density at radius 2 is 1.90 bits per heavy atom. The van der Waals surface area contributed by atoms with Gasteiger partial charge in [-0.05, 0) is 61.7 Å². The maximum atomic E-state index is 13.7. The van der Waals surface area contributed by atoms with Gasteiger partial charge in [-0.25, -0.2) is 8.78 Å². The lowest BCUT2D eigenvalue weighted by molar-refractivity contribution is 0.0953. The van der Waals surface area contributed by atoms with Crippen LogP contribution in [0.15, 0.2) is 47.5 Å². The van der Waals surface area contributed by atoms with E-state index in [4.69, 9.17) is 0 Å². The number of hydrogen-bond acceptors (Lipinski definition) is 3. The summed E-state index contributed by atoms with van der Waals surface area (Å²) in [5.41, 5.74) is 0.705. The molecule has 0 spiro atoms. The highest BCUT2D eigenvalue weighted by molar-refractivity contribution is 5.94. The Bertz CT molecular complexity index is 843. The molecule has 8 heteroatoms. The number of carbonyl (C=O) groups excluding carboxylic acids is 1. The third-order valence-electron chi connectivity index (χ3n) is 4.04. The first-order valence-electron chi connectivity index (χ1n) is 9.53. The third kappa shape index (κ3) is 7.77. The fourth-order valence-electron chi connectivity index (χ4n) is 2.61. The van der Waals surface area contributed by atoms with Crippen molar-refractivity contribution >= 4 is 11.9 Å². The van der Waals surface area contributed by atoms with E-state index >= 15 is 0 Å². The molecular weight excluding hydrogens is 378 g/mol. The van der Waals surface area contributed by atoms with E-state index in [1.807, 2.05) is 6.92 Å². The molecule has 4 N–H and O–H groups in total. The number of nitrogens with one attached hydrogen (secondary N) is 3. The van der Waals surface area contributed by atoms with Gasteiger partial charge in [0, 0.05) is 31.7 Å². The summed E-state index contributed by atoms with van der Waals surface area (Å²) < 4.78 is 26.9. The number of phenolic OH excluding ortho intramolecular Hbond substituents is 1. The summed E-state index contributed by atoms with van der Waals surface area (Å²) in [5, 5.41) is 18.3. The summed E-state index contributed by atoms with van der Waals surface area (Å²) in [6, 6.07) is 9.55. The maximum Gasteiger partial charge on any atom is 0.251 e. The zero-order valence-electron chi connectivity index (χ0n) is 16.3. The second-order valence-corrected chi connectivity index (χ2v) is 6.33. The molecule has 0 atom stereocenters. The van der Waals surface area contributed by atoms with Gasteiger partial charge in [-0.2, -0.15) is 0 Å². The predicted octanol–water partition coefficient (Wildman–Crippen LogP) is 2.59. The number of guanidine groups is 1. The van der Waals surface area contributed by atoms with Crippen LogP contribution in [0.1, 0.15) is 29.3 Å². The van der Waals surface area contributed by atoms with Crippen LogP contribution in [0.4, 0.5) is 8.78 Å². The number of rotatable bonds is 9. The summed E-state index contributed by atoms with van der Waals surface area (Å²) in [5.74, 6) is -0.537. The van der Waals surface area contributed by atoms with Crippen LogP contribution in [0.5, 0.6) is 5.75 Å². The normalized spacial score (nSPS) is 11.2. The first-order chi connectivity index (χ1) is 14.0. The summed E-state index contributed by atoms with van der Waals surface area (Å²) >= 11 is 0. The SMILES string of the molecule is CCNC(=NCCCNC(=O)c1cccc(O)c1)NCCc1cc(F)ccc1F. The molecule has 0 bridgehead atoms. The van der Waals surface area contributed by atoms with Gasteiger partial charge in [-0.1, -0.05) is 6.07 Å². The molecule has 0 saturated carbocycles. The highest BCUT2D eigenvalue weighted by Gasteiger charge is 2.06. The highest BCUT2D eigenvalue weighted by Crippen LogP contribution is 2.11. The Kier molecular flexibility index (Phi) is 8.88. The molecule has 0 aromatic heterocycles. The van der Waals surface area contributed by atoms with E-state index in [-0.39, 0.29) is 11.7 Å². The number of benzene rings is 2. The Balaban J connectivity index is 1.74. The molecule has 156 valence electrons. The fraction of sp³-hybridized carbons (Fsp3) is 0.333. The lowest BCUT2D eigenvalue weighted by Gasteiger charge is -2.12. The summed E-state index contributed by atoms with van der Waals surface area (Å²) in [6.07, 6.45) is 0.952. The van der Waals surface area contributed by atoms with Gasteiger partial charge in [-0.3, -0.25) is 9.79 Å². The molecular formula is C21H26F2N4O2. The van der Waals surface area contributed by atoms with Gasteiger partial charge in [0.15, 0.2) is 5.96 Å². The van der Waals surface area contributed by atoms with Gasteiger partial charge >= 0.3 is 0 Å².